The Morgan fingerprint density at radius 3 is 2.61 bits per heavy atom. The largest absolute Gasteiger partial charge is 0.350 e. The molecule has 4 nitrogen and oxygen atoms in total. The normalized spacial score (nSPS) is 36.7. The lowest BCUT2D eigenvalue weighted by Gasteiger charge is -2.52. The van der Waals surface area contributed by atoms with E-state index in [-0.39, 0.29) is 29.3 Å². The Bertz CT molecular complexity index is 554. The summed E-state index contributed by atoms with van der Waals surface area (Å²) in [6.07, 6.45) is 8.77. The number of fused-ring (bicyclic) bond motifs is 1. The van der Waals surface area contributed by atoms with Gasteiger partial charge in [-0.3, -0.25) is 4.79 Å². The summed E-state index contributed by atoms with van der Waals surface area (Å²) in [5, 5.41) is 0. The Balaban J connectivity index is 1.93. The highest BCUT2D eigenvalue weighted by atomic mass is 16.7. The van der Waals surface area contributed by atoms with Crippen molar-refractivity contribution in [3.8, 4) is 0 Å². The highest BCUT2D eigenvalue weighted by molar-refractivity contribution is 6.07. The van der Waals surface area contributed by atoms with E-state index in [4.69, 9.17) is 9.47 Å². The molecular formula is C19H26O4. The number of aldehydes is 1. The van der Waals surface area contributed by atoms with Gasteiger partial charge in [-0.15, -0.1) is 0 Å². The number of allylic oxidation sites excluding steroid dienone is 4. The van der Waals surface area contributed by atoms with E-state index < -0.39 is 5.41 Å². The number of rotatable bonds is 4. The van der Waals surface area contributed by atoms with E-state index in [0.717, 1.165) is 31.1 Å². The molecule has 0 aromatic carbocycles. The molecule has 0 saturated carbocycles. The first-order chi connectivity index (χ1) is 10.9. The van der Waals surface area contributed by atoms with E-state index >= 15 is 0 Å². The van der Waals surface area contributed by atoms with Crippen LogP contribution in [0.15, 0.2) is 23.8 Å². The van der Waals surface area contributed by atoms with Crippen molar-refractivity contribution in [2.24, 2.45) is 22.7 Å². The molecule has 0 bridgehead atoms. The second-order valence-corrected chi connectivity index (χ2v) is 7.61. The van der Waals surface area contributed by atoms with Gasteiger partial charge in [-0.25, -0.2) is 0 Å². The lowest BCUT2D eigenvalue weighted by molar-refractivity contribution is -0.144. The van der Waals surface area contributed by atoms with E-state index in [1.165, 1.54) is 0 Å². The molecule has 0 amide bonds. The van der Waals surface area contributed by atoms with Crippen LogP contribution >= 0.6 is 0 Å². The fourth-order valence-electron chi connectivity index (χ4n) is 4.64. The number of carbonyl (C=O) groups is 2. The number of ether oxygens (including phenoxy) is 2. The minimum absolute atomic E-state index is 0.0177. The Labute approximate surface area is 137 Å². The third kappa shape index (κ3) is 2.62. The van der Waals surface area contributed by atoms with Gasteiger partial charge in [-0.2, -0.15) is 0 Å². The second kappa shape index (κ2) is 5.99. The fraction of sp³-hybridized carbons (Fsp3) is 0.684. The van der Waals surface area contributed by atoms with Gasteiger partial charge in [0.05, 0.1) is 18.6 Å². The van der Waals surface area contributed by atoms with Crippen LogP contribution in [0.25, 0.3) is 0 Å². The van der Waals surface area contributed by atoms with Crippen LogP contribution in [0.1, 0.15) is 40.0 Å². The number of carbonyl (C=O) groups excluding carboxylic acids is 2. The molecule has 0 radical (unpaired) electrons. The molecule has 1 aliphatic heterocycles. The highest BCUT2D eigenvalue weighted by Gasteiger charge is 2.58. The lowest BCUT2D eigenvalue weighted by atomic mass is 9.49. The van der Waals surface area contributed by atoms with Crippen LogP contribution in [0.5, 0.6) is 0 Å². The SMILES string of the molecule is CC1=CC[C@H]2C(C)(C)C=CC(=O)[C@@]2(C=O)[C@@H]1CCC1OCCO1. The zero-order valence-electron chi connectivity index (χ0n) is 14.2. The third-order valence-corrected chi connectivity index (χ3v) is 5.94. The van der Waals surface area contributed by atoms with Gasteiger partial charge in [0.1, 0.15) is 6.29 Å². The van der Waals surface area contributed by atoms with Crippen LogP contribution in [-0.4, -0.2) is 31.6 Å². The molecule has 3 atom stereocenters. The molecule has 126 valence electrons. The van der Waals surface area contributed by atoms with Crippen LogP contribution in [0.2, 0.25) is 0 Å². The first-order valence-electron chi connectivity index (χ1n) is 8.51. The maximum Gasteiger partial charge on any atom is 0.169 e. The Kier molecular flexibility index (Phi) is 4.32. The molecule has 3 aliphatic rings. The average Bonchev–Trinajstić information content (AvgIpc) is 3.03. The van der Waals surface area contributed by atoms with Crippen LogP contribution in [0, 0.1) is 22.7 Å². The van der Waals surface area contributed by atoms with Crippen molar-refractivity contribution < 1.29 is 19.1 Å². The summed E-state index contributed by atoms with van der Waals surface area (Å²) in [6.45, 7) is 7.53. The summed E-state index contributed by atoms with van der Waals surface area (Å²) in [7, 11) is 0. The van der Waals surface area contributed by atoms with Crippen molar-refractivity contribution in [1.82, 2.24) is 0 Å². The first-order valence-corrected chi connectivity index (χ1v) is 8.51. The quantitative estimate of drug-likeness (QED) is 0.454. The van der Waals surface area contributed by atoms with Gasteiger partial charge >= 0.3 is 0 Å². The summed E-state index contributed by atoms with van der Waals surface area (Å²) < 4.78 is 11.0. The second-order valence-electron chi connectivity index (χ2n) is 7.61. The van der Waals surface area contributed by atoms with E-state index in [9.17, 15) is 9.59 Å². The standard InChI is InChI=1S/C19H26O4/c1-13-4-6-15-18(2,3)9-8-16(21)19(15,12-20)14(13)5-7-17-22-10-11-23-17/h4,8-9,12,14-15,17H,5-7,10-11H2,1-3H3/t14-,15+,19+/m1/s1. The summed E-state index contributed by atoms with van der Waals surface area (Å²) >= 11 is 0. The van der Waals surface area contributed by atoms with Gasteiger partial charge < -0.3 is 14.3 Å². The topological polar surface area (TPSA) is 52.6 Å². The van der Waals surface area contributed by atoms with E-state index in [0.29, 0.717) is 13.2 Å². The molecule has 0 unspecified atom stereocenters. The number of hydrogen-bond donors (Lipinski definition) is 0. The van der Waals surface area contributed by atoms with Crippen LogP contribution in [-0.2, 0) is 19.1 Å². The monoisotopic (exact) mass is 318 g/mol. The lowest BCUT2D eigenvalue weighted by Crippen LogP contribution is -2.54. The van der Waals surface area contributed by atoms with E-state index in [1.54, 1.807) is 6.08 Å². The molecular weight excluding hydrogens is 292 g/mol. The van der Waals surface area contributed by atoms with E-state index in [1.807, 2.05) is 13.0 Å². The molecule has 1 fully saturated rings. The molecule has 0 aromatic rings. The van der Waals surface area contributed by atoms with Gasteiger partial charge in [0, 0.05) is 0 Å². The van der Waals surface area contributed by atoms with Crippen LogP contribution in [0.3, 0.4) is 0 Å². The summed E-state index contributed by atoms with van der Waals surface area (Å²) in [5.41, 5.74) is 0.0473. The fourth-order valence-corrected chi connectivity index (χ4v) is 4.64. The molecule has 23 heavy (non-hydrogen) atoms. The predicted octanol–water partition coefficient (Wildman–Crippen LogP) is 3.07. The van der Waals surface area contributed by atoms with Crippen LogP contribution < -0.4 is 0 Å². The van der Waals surface area contributed by atoms with Crippen molar-refractivity contribution >= 4 is 12.1 Å². The molecule has 1 heterocycles. The zero-order valence-corrected chi connectivity index (χ0v) is 14.2. The molecule has 4 heteroatoms. The molecule has 2 aliphatic carbocycles. The smallest absolute Gasteiger partial charge is 0.169 e. The summed E-state index contributed by atoms with van der Waals surface area (Å²) in [6, 6.07) is 0. The Morgan fingerprint density at radius 1 is 1.26 bits per heavy atom. The molecule has 1 saturated heterocycles. The molecule has 0 spiro atoms. The van der Waals surface area contributed by atoms with Crippen molar-refractivity contribution in [2.45, 2.75) is 46.3 Å². The number of ketones is 1. The van der Waals surface area contributed by atoms with E-state index in [2.05, 4.69) is 19.9 Å². The van der Waals surface area contributed by atoms with Crippen LogP contribution in [0.4, 0.5) is 0 Å². The van der Waals surface area contributed by atoms with Gasteiger partial charge in [0.2, 0.25) is 0 Å². The Hall–Kier alpha value is -1.26. The van der Waals surface area contributed by atoms with Gasteiger partial charge in [-0.1, -0.05) is 31.6 Å². The Morgan fingerprint density at radius 2 is 1.96 bits per heavy atom. The van der Waals surface area contributed by atoms with Gasteiger partial charge in [0.25, 0.3) is 0 Å². The first kappa shape index (κ1) is 16.6. The summed E-state index contributed by atoms with van der Waals surface area (Å²) in [4.78, 5) is 25.0. The molecule has 0 N–H and O–H groups in total. The molecule has 0 aromatic heterocycles. The third-order valence-electron chi connectivity index (χ3n) is 5.94. The van der Waals surface area contributed by atoms with Gasteiger partial charge in [0.15, 0.2) is 12.1 Å². The predicted molar refractivity (Wildman–Crippen MR) is 86.7 cm³/mol. The minimum Gasteiger partial charge on any atom is -0.350 e. The maximum absolute atomic E-state index is 12.8. The van der Waals surface area contributed by atoms with Crippen molar-refractivity contribution in [2.75, 3.05) is 13.2 Å². The van der Waals surface area contributed by atoms with Crippen molar-refractivity contribution in [3.63, 3.8) is 0 Å². The maximum atomic E-state index is 12.8. The molecule has 3 rings (SSSR count). The minimum atomic E-state index is -0.935. The van der Waals surface area contributed by atoms with Crippen molar-refractivity contribution in [3.05, 3.63) is 23.8 Å². The highest BCUT2D eigenvalue weighted by Crippen LogP contribution is 2.56. The van der Waals surface area contributed by atoms with Gasteiger partial charge in [-0.05, 0) is 49.5 Å². The number of hydrogen-bond acceptors (Lipinski definition) is 4. The summed E-state index contributed by atoms with van der Waals surface area (Å²) in [5.74, 6) is -0.0880. The van der Waals surface area contributed by atoms with Crippen molar-refractivity contribution in [1.29, 1.82) is 0 Å². The zero-order chi connectivity index (χ0) is 16.7. The average molecular weight is 318 g/mol.